The molecule has 0 rings (SSSR count). The molecule has 36 heavy (non-hydrogen) atoms. The first-order valence-electron chi connectivity index (χ1n) is 17.3. The number of nitrogens with zero attached hydrogens (tertiary/aromatic N) is 2. The van der Waals surface area contributed by atoms with Crippen LogP contribution in [0.3, 0.4) is 0 Å². The van der Waals surface area contributed by atoms with Crippen LogP contribution in [0.1, 0.15) is 170 Å². The number of quaternary nitrogens is 2. The molecular weight excluding hydrogens is 436 g/mol. The molecule has 218 valence electrons. The molecule has 0 saturated heterocycles. The molecule has 0 bridgehead atoms. The van der Waals surface area contributed by atoms with E-state index in [1.54, 1.807) is 0 Å². The summed E-state index contributed by atoms with van der Waals surface area (Å²) in [7, 11) is 0. The molecule has 0 aliphatic rings. The summed E-state index contributed by atoms with van der Waals surface area (Å²) in [4.78, 5) is 0. The lowest BCUT2D eigenvalue weighted by Crippen LogP contribution is -2.49. The molecule has 0 unspecified atom stereocenters. The second-order valence-electron chi connectivity index (χ2n) is 12.2. The van der Waals surface area contributed by atoms with Crippen molar-refractivity contribution in [1.82, 2.24) is 0 Å². The molecule has 0 aliphatic carbocycles. The Labute approximate surface area is 231 Å². The van der Waals surface area contributed by atoms with Gasteiger partial charge in [-0.1, -0.05) is 90.9 Å². The standard InChI is InChI=1S/C34H74N2/c1-7-13-15-17-19-21-23-27-31-35(9-3,10-4)33-29-25-26-30-34-36(11-5,12-6)32-28-24-22-20-18-16-14-8-2/h7-34H2,1-6H3/q+2. The predicted octanol–water partition coefficient (Wildman–Crippen LogP) is 10.5. The SMILES string of the molecule is CCCCCCCCCC[N+](CC)(CC)CCCCCC[N+](CC)(CC)CCCCCCCCCC. The highest BCUT2D eigenvalue weighted by Crippen LogP contribution is 2.18. The quantitative estimate of drug-likeness (QED) is 0.0693. The van der Waals surface area contributed by atoms with E-state index in [2.05, 4.69) is 41.5 Å². The van der Waals surface area contributed by atoms with Gasteiger partial charge >= 0.3 is 0 Å². The summed E-state index contributed by atoms with van der Waals surface area (Å²) in [5.74, 6) is 0. The van der Waals surface area contributed by atoms with Gasteiger partial charge in [0.1, 0.15) is 0 Å². The maximum absolute atomic E-state index is 2.44. The van der Waals surface area contributed by atoms with Gasteiger partial charge in [-0.15, -0.1) is 0 Å². The van der Waals surface area contributed by atoms with Crippen LogP contribution in [0.25, 0.3) is 0 Å². The molecule has 0 spiro atoms. The van der Waals surface area contributed by atoms with E-state index in [0.717, 1.165) is 0 Å². The van der Waals surface area contributed by atoms with Crippen molar-refractivity contribution in [3.8, 4) is 0 Å². The number of rotatable bonds is 29. The van der Waals surface area contributed by atoms with Gasteiger partial charge in [0.05, 0.1) is 52.4 Å². The largest absolute Gasteiger partial charge is 0.324 e. The van der Waals surface area contributed by atoms with Gasteiger partial charge in [0.2, 0.25) is 0 Å². The maximum atomic E-state index is 2.44. The summed E-state index contributed by atoms with van der Waals surface area (Å²) in [6, 6.07) is 0. The highest BCUT2D eigenvalue weighted by Gasteiger charge is 2.23. The minimum absolute atomic E-state index is 1.33. The fourth-order valence-corrected chi connectivity index (χ4v) is 6.35. The first kappa shape index (κ1) is 35.9. The van der Waals surface area contributed by atoms with Crippen molar-refractivity contribution in [1.29, 1.82) is 0 Å². The Bertz CT molecular complexity index is 385. The topological polar surface area (TPSA) is 0 Å². The lowest BCUT2D eigenvalue weighted by molar-refractivity contribution is -0.926. The maximum Gasteiger partial charge on any atom is 0.0786 e. The average Bonchev–Trinajstić information content (AvgIpc) is 2.91. The monoisotopic (exact) mass is 511 g/mol. The predicted molar refractivity (Wildman–Crippen MR) is 166 cm³/mol. The van der Waals surface area contributed by atoms with Crippen molar-refractivity contribution in [2.75, 3.05) is 52.4 Å². The molecule has 0 aromatic carbocycles. The van der Waals surface area contributed by atoms with Crippen LogP contribution in [0.2, 0.25) is 0 Å². The van der Waals surface area contributed by atoms with E-state index in [0.29, 0.717) is 0 Å². The lowest BCUT2D eigenvalue weighted by atomic mass is 10.1. The summed E-state index contributed by atoms with van der Waals surface area (Å²) in [6.45, 7) is 25.4. The summed E-state index contributed by atoms with van der Waals surface area (Å²) in [5, 5.41) is 0. The van der Waals surface area contributed by atoms with E-state index in [1.165, 1.54) is 190 Å². The third kappa shape index (κ3) is 18.2. The van der Waals surface area contributed by atoms with Crippen LogP contribution in [0.4, 0.5) is 0 Å². The van der Waals surface area contributed by atoms with Gasteiger partial charge in [0.25, 0.3) is 0 Å². The average molecular weight is 511 g/mol. The molecule has 0 saturated carbocycles. The second-order valence-corrected chi connectivity index (χ2v) is 12.2. The van der Waals surface area contributed by atoms with Gasteiger partial charge < -0.3 is 8.97 Å². The zero-order chi connectivity index (χ0) is 26.8. The van der Waals surface area contributed by atoms with E-state index in [4.69, 9.17) is 0 Å². The van der Waals surface area contributed by atoms with Crippen LogP contribution in [-0.2, 0) is 0 Å². The van der Waals surface area contributed by atoms with Crippen LogP contribution in [0, 0.1) is 0 Å². The van der Waals surface area contributed by atoms with Crippen molar-refractivity contribution >= 4 is 0 Å². The summed E-state index contributed by atoms with van der Waals surface area (Å²) < 4.78 is 2.75. The molecule has 0 heterocycles. The Kier molecular flexibility index (Phi) is 25.2. The molecule has 2 heteroatoms. The molecule has 0 radical (unpaired) electrons. The number of hydrogen-bond acceptors (Lipinski definition) is 0. The summed E-state index contributed by atoms with van der Waals surface area (Å²) in [6.07, 6.45) is 28.9. The number of unbranched alkanes of at least 4 members (excludes halogenated alkanes) is 17. The van der Waals surface area contributed by atoms with Crippen LogP contribution < -0.4 is 0 Å². The highest BCUT2D eigenvalue weighted by molar-refractivity contribution is 4.52. The Hall–Kier alpha value is -0.0800. The first-order chi connectivity index (χ1) is 17.6. The zero-order valence-electron chi connectivity index (χ0n) is 26.7. The van der Waals surface area contributed by atoms with E-state index in [-0.39, 0.29) is 0 Å². The van der Waals surface area contributed by atoms with E-state index < -0.39 is 0 Å². The van der Waals surface area contributed by atoms with Gasteiger partial charge in [-0.3, -0.25) is 0 Å². The summed E-state index contributed by atoms with van der Waals surface area (Å²) >= 11 is 0. The van der Waals surface area contributed by atoms with Crippen molar-refractivity contribution in [2.24, 2.45) is 0 Å². The first-order valence-corrected chi connectivity index (χ1v) is 17.3. The fourth-order valence-electron chi connectivity index (χ4n) is 6.35. The van der Waals surface area contributed by atoms with Crippen LogP contribution in [0.5, 0.6) is 0 Å². The molecule has 2 nitrogen and oxygen atoms in total. The molecule has 0 aromatic rings. The Morgan fingerprint density at radius 3 is 0.639 bits per heavy atom. The van der Waals surface area contributed by atoms with E-state index in [9.17, 15) is 0 Å². The van der Waals surface area contributed by atoms with Crippen molar-refractivity contribution in [3.63, 3.8) is 0 Å². The van der Waals surface area contributed by atoms with Crippen molar-refractivity contribution in [2.45, 2.75) is 170 Å². The Morgan fingerprint density at radius 1 is 0.250 bits per heavy atom. The number of hydrogen-bond donors (Lipinski definition) is 0. The van der Waals surface area contributed by atoms with Crippen LogP contribution >= 0.6 is 0 Å². The van der Waals surface area contributed by atoms with Gasteiger partial charge in [-0.25, -0.2) is 0 Å². The van der Waals surface area contributed by atoms with Gasteiger partial charge in [-0.05, 0) is 79.1 Å². The molecule has 0 fully saturated rings. The van der Waals surface area contributed by atoms with Crippen molar-refractivity contribution in [3.05, 3.63) is 0 Å². The zero-order valence-corrected chi connectivity index (χ0v) is 26.7. The molecule has 0 aliphatic heterocycles. The smallest absolute Gasteiger partial charge is 0.0786 e. The minimum atomic E-state index is 1.33. The van der Waals surface area contributed by atoms with Gasteiger partial charge in [-0.2, -0.15) is 0 Å². The molecule has 0 aromatic heterocycles. The molecule has 0 amide bonds. The van der Waals surface area contributed by atoms with Crippen molar-refractivity contribution < 1.29 is 8.97 Å². The van der Waals surface area contributed by atoms with Gasteiger partial charge in [0, 0.05) is 0 Å². The summed E-state index contributed by atoms with van der Waals surface area (Å²) in [5.41, 5.74) is 0. The Balaban J connectivity index is 4.07. The molecule has 0 atom stereocenters. The van der Waals surface area contributed by atoms with Crippen LogP contribution in [-0.4, -0.2) is 61.3 Å². The second kappa shape index (κ2) is 25.2. The van der Waals surface area contributed by atoms with Gasteiger partial charge in [0.15, 0.2) is 0 Å². The van der Waals surface area contributed by atoms with E-state index >= 15 is 0 Å². The minimum Gasteiger partial charge on any atom is -0.324 e. The normalized spacial score (nSPS) is 12.5. The molecule has 0 N–H and O–H groups in total. The third-order valence-electron chi connectivity index (χ3n) is 9.67. The van der Waals surface area contributed by atoms with Crippen LogP contribution in [0.15, 0.2) is 0 Å². The fraction of sp³-hybridized carbons (Fsp3) is 1.00. The lowest BCUT2D eigenvalue weighted by Gasteiger charge is -2.38. The van der Waals surface area contributed by atoms with E-state index in [1.807, 2.05) is 0 Å². The Morgan fingerprint density at radius 2 is 0.444 bits per heavy atom. The molecular formula is C34H74N2+2. The third-order valence-corrected chi connectivity index (χ3v) is 9.67. The highest BCUT2D eigenvalue weighted by atomic mass is 15.3.